The predicted molar refractivity (Wildman–Crippen MR) is 127 cm³/mol. The maximum atomic E-state index is 12.5. The fourth-order valence-electron chi connectivity index (χ4n) is 2.73. The Balaban J connectivity index is 1.51. The van der Waals surface area contributed by atoms with Crippen molar-refractivity contribution in [3.05, 3.63) is 87.1 Å². The molecule has 0 saturated heterocycles. The van der Waals surface area contributed by atoms with E-state index in [1.165, 1.54) is 11.3 Å². The molecule has 0 aliphatic rings. The number of pyridine rings is 1. The number of carbonyl (C=O) groups is 1. The quantitative estimate of drug-likeness (QED) is 0.317. The minimum atomic E-state index is -0.135. The molecule has 2 aromatic heterocycles. The summed E-state index contributed by atoms with van der Waals surface area (Å²) in [5.41, 5.74) is 5.18. The van der Waals surface area contributed by atoms with Gasteiger partial charge in [-0.3, -0.25) is 9.78 Å². The van der Waals surface area contributed by atoms with Crippen LogP contribution in [0.2, 0.25) is 0 Å². The number of benzene rings is 2. The number of thiazole rings is 1. The van der Waals surface area contributed by atoms with E-state index in [2.05, 4.69) is 43.2 Å². The molecule has 0 aliphatic heterocycles. The number of anilines is 3. The van der Waals surface area contributed by atoms with E-state index >= 15 is 0 Å². The van der Waals surface area contributed by atoms with Crippen LogP contribution in [0.5, 0.6) is 0 Å². The topological polar surface area (TPSA) is 66.9 Å². The molecule has 0 spiro atoms. The van der Waals surface area contributed by atoms with E-state index in [0.29, 0.717) is 5.56 Å². The summed E-state index contributed by atoms with van der Waals surface area (Å²) in [5.74, 6) is -0.135. The minimum Gasteiger partial charge on any atom is -0.331 e. The van der Waals surface area contributed by atoms with Crippen molar-refractivity contribution in [3.8, 4) is 11.3 Å². The van der Waals surface area contributed by atoms with Gasteiger partial charge >= 0.3 is 0 Å². The maximum absolute atomic E-state index is 12.5. The molecular weight excluding hydrogens is 495 g/mol. The second-order valence-electron chi connectivity index (χ2n) is 6.40. The first-order valence-corrected chi connectivity index (χ1v) is 10.8. The van der Waals surface area contributed by atoms with Gasteiger partial charge in [-0.2, -0.15) is 0 Å². The third-order valence-electron chi connectivity index (χ3n) is 4.30. The van der Waals surface area contributed by atoms with Crippen molar-refractivity contribution in [1.82, 2.24) is 9.97 Å². The highest BCUT2D eigenvalue weighted by Gasteiger charge is 2.10. The zero-order chi connectivity index (χ0) is 20.2. The van der Waals surface area contributed by atoms with Gasteiger partial charge in [0.2, 0.25) is 0 Å². The Morgan fingerprint density at radius 2 is 1.93 bits per heavy atom. The highest BCUT2D eigenvalue weighted by molar-refractivity contribution is 14.1. The number of amides is 1. The van der Waals surface area contributed by atoms with E-state index in [1.54, 1.807) is 12.4 Å². The molecule has 0 saturated carbocycles. The highest BCUT2D eigenvalue weighted by atomic mass is 127. The second kappa shape index (κ2) is 8.71. The number of nitrogens with one attached hydrogen (secondary N) is 2. The third kappa shape index (κ3) is 4.80. The molecule has 2 heterocycles. The fourth-order valence-corrected chi connectivity index (χ4v) is 3.82. The van der Waals surface area contributed by atoms with Gasteiger partial charge in [-0.1, -0.05) is 6.07 Å². The summed E-state index contributed by atoms with van der Waals surface area (Å²) in [7, 11) is 0. The Kier molecular flexibility index (Phi) is 5.86. The van der Waals surface area contributed by atoms with Gasteiger partial charge in [-0.25, -0.2) is 4.98 Å². The Bertz CT molecular complexity index is 1140. The van der Waals surface area contributed by atoms with Crippen molar-refractivity contribution in [2.24, 2.45) is 0 Å². The van der Waals surface area contributed by atoms with Gasteiger partial charge in [-0.05, 0) is 83.6 Å². The minimum absolute atomic E-state index is 0.135. The van der Waals surface area contributed by atoms with Gasteiger partial charge in [-0.15, -0.1) is 11.3 Å². The van der Waals surface area contributed by atoms with E-state index < -0.39 is 0 Å². The SMILES string of the molecule is Cc1ccc(NC(=O)c2ccc(I)cc2)cc1Nc1nc(-c2cccnc2)cs1. The summed E-state index contributed by atoms with van der Waals surface area (Å²) >= 11 is 3.75. The molecule has 4 rings (SSSR count). The van der Waals surface area contributed by atoms with Crippen molar-refractivity contribution >= 4 is 56.3 Å². The zero-order valence-electron chi connectivity index (χ0n) is 15.5. The van der Waals surface area contributed by atoms with Crippen LogP contribution >= 0.6 is 33.9 Å². The van der Waals surface area contributed by atoms with E-state index in [9.17, 15) is 4.79 Å². The van der Waals surface area contributed by atoms with Crippen LogP contribution in [0.25, 0.3) is 11.3 Å². The van der Waals surface area contributed by atoms with Crippen LogP contribution in [0.3, 0.4) is 0 Å². The normalized spacial score (nSPS) is 10.6. The molecule has 7 heteroatoms. The number of hydrogen-bond acceptors (Lipinski definition) is 5. The van der Waals surface area contributed by atoms with Crippen LogP contribution in [0.4, 0.5) is 16.5 Å². The Hall–Kier alpha value is -2.78. The van der Waals surface area contributed by atoms with Gasteiger partial charge in [0.05, 0.1) is 5.69 Å². The van der Waals surface area contributed by atoms with Gasteiger partial charge in [0.25, 0.3) is 5.91 Å². The van der Waals surface area contributed by atoms with Crippen LogP contribution in [-0.4, -0.2) is 15.9 Å². The van der Waals surface area contributed by atoms with Crippen LogP contribution in [-0.2, 0) is 0 Å². The van der Waals surface area contributed by atoms with Crippen molar-refractivity contribution in [2.45, 2.75) is 6.92 Å². The average Bonchev–Trinajstić information content (AvgIpc) is 3.20. The molecule has 0 unspecified atom stereocenters. The maximum Gasteiger partial charge on any atom is 0.255 e. The lowest BCUT2D eigenvalue weighted by atomic mass is 10.1. The first-order chi connectivity index (χ1) is 14.1. The number of halogens is 1. The average molecular weight is 512 g/mol. The summed E-state index contributed by atoms with van der Waals surface area (Å²) < 4.78 is 1.09. The van der Waals surface area contributed by atoms with Gasteiger partial charge in [0.15, 0.2) is 5.13 Å². The molecule has 5 nitrogen and oxygen atoms in total. The van der Waals surface area contributed by atoms with E-state index in [-0.39, 0.29) is 5.91 Å². The summed E-state index contributed by atoms with van der Waals surface area (Å²) in [5, 5.41) is 9.10. The summed E-state index contributed by atoms with van der Waals surface area (Å²) in [4.78, 5) is 21.3. The Morgan fingerprint density at radius 3 is 2.69 bits per heavy atom. The molecule has 0 bridgehead atoms. The number of hydrogen-bond donors (Lipinski definition) is 2. The molecular formula is C22H17IN4OS. The Labute approximate surface area is 186 Å². The molecule has 2 N–H and O–H groups in total. The van der Waals surface area contributed by atoms with E-state index in [1.807, 2.05) is 66.9 Å². The fraction of sp³-hybridized carbons (Fsp3) is 0.0455. The molecule has 0 fully saturated rings. The van der Waals surface area contributed by atoms with Gasteiger partial charge < -0.3 is 10.6 Å². The molecule has 4 aromatic rings. The standard InChI is InChI=1S/C22H17IN4OS/c1-14-4-9-18(25-21(28)15-5-7-17(23)8-6-15)11-19(14)26-22-27-20(13-29-22)16-3-2-10-24-12-16/h2-13H,1H3,(H,25,28)(H,26,27). The molecule has 0 aliphatic carbocycles. The summed E-state index contributed by atoms with van der Waals surface area (Å²) in [6.45, 7) is 2.02. The van der Waals surface area contributed by atoms with Crippen LogP contribution in [0, 0.1) is 10.5 Å². The number of nitrogens with zero attached hydrogens (tertiary/aromatic N) is 2. The first kappa shape index (κ1) is 19.5. The van der Waals surface area contributed by atoms with Crippen LogP contribution in [0.15, 0.2) is 72.4 Å². The molecule has 29 heavy (non-hydrogen) atoms. The molecule has 144 valence electrons. The summed E-state index contributed by atoms with van der Waals surface area (Å²) in [6, 6.07) is 17.1. The lowest BCUT2D eigenvalue weighted by Gasteiger charge is -2.11. The lowest BCUT2D eigenvalue weighted by molar-refractivity contribution is 0.102. The monoisotopic (exact) mass is 512 g/mol. The third-order valence-corrected chi connectivity index (χ3v) is 5.78. The number of aromatic nitrogens is 2. The van der Waals surface area contributed by atoms with Gasteiger partial charge in [0.1, 0.15) is 0 Å². The summed E-state index contributed by atoms with van der Waals surface area (Å²) in [6.07, 6.45) is 3.54. The van der Waals surface area contributed by atoms with Gasteiger partial charge in [0, 0.05) is 43.8 Å². The lowest BCUT2D eigenvalue weighted by Crippen LogP contribution is -2.12. The largest absolute Gasteiger partial charge is 0.331 e. The zero-order valence-corrected chi connectivity index (χ0v) is 18.5. The number of aryl methyl sites for hydroxylation is 1. The molecule has 1 amide bonds. The Morgan fingerprint density at radius 1 is 1.10 bits per heavy atom. The van der Waals surface area contributed by atoms with Crippen molar-refractivity contribution in [2.75, 3.05) is 10.6 Å². The number of carbonyl (C=O) groups excluding carboxylic acids is 1. The highest BCUT2D eigenvalue weighted by Crippen LogP contribution is 2.29. The smallest absolute Gasteiger partial charge is 0.255 e. The van der Waals surface area contributed by atoms with Crippen LogP contribution in [0.1, 0.15) is 15.9 Å². The first-order valence-electron chi connectivity index (χ1n) is 8.89. The molecule has 0 atom stereocenters. The molecule has 2 aromatic carbocycles. The van der Waals surface area contributed by atoms with Crippen LogP contribution < -0.4 is 10.6 Å². The van der Waals surface area contributed by atoms with Crippen molar-refractivity contribution < 1.29 is 4.79 Å². The molecule has 0 radical (unpaired) electrons. The van der Waals surface area contributed by atoms with Crippen molar-refractivity contribution in [3.63, 3.8) is 0 Å². The predicted octanol–water partition coefficient (Wildman–Crippen LogP) is 6.11. The van der Waals surface area contributed by atoms with E-state index in [4.69, 9.17) is 0 Å². The van der Waals surface area contributed by atoms with Crippen molar-refractivity contribution in [1.29, 1.82) is 0 Å². The van der Waals surface area contributed by atoms with E-state index in [0.717, 1.165) is 36.9 Å². The second-order valence-corrected chi connectivity index (χ2v) is 8.50. The number of rotatable bonds is 5.